The second-order valence-electron chi connectivity index (χ2n) is 5.77. The molecule has 0 radical (unpaired) electrons. The van der Waals surface area contributed by atoms with Gasteiger partial charge in [-0.25, -0.2) is 4.98 Å². The number of carbonyl (C=O) groups is 1. The van der Waals surface area contributed by atoms with E-state index in [1.807, 2.05) is 18.2 Å². The first kappa shape index (κ1) is 14.7. The van der Waals surface area contributed by atoms with Crippen LogP contribution in [0.25, 0.3) is 10.2 Å². The molecule has 4 rings (SSSR count). The number of rotatable bonds is 2. The van der Waals surface area contributed by atoms with Gasteiger partial charge in [-0.3, -0.25) is 4.79 Å². The van der Waals surface area contributed by atoms with Crippen LogP contribution in [-0.2, 0) is 12.8 Å². The predicted molar refractivity (Wildman–Crippen MR) is 95.7 cm³/mol. The molecule has 2 aromatic carbocycles. The molecule has 3 nitrogen and oxygen atoms in total. The van der Waals surface area contributed by atoms with Crippen molar-refractivity contribution in [2.75, 3.05) is 5.32 Å². The number of benzene rings is 2. The van der Waals surface area contributed by atoms with Crippen LogP contribution in [0.2, 0.25) is 5.02 Å². The summed E-state index contributed by atoms with van der Waals surface area (Å²) >= 11 is 7.61. The number of nitrogens with zero attached hydrogens (tertiary/aromatic N) is 1. The van der Waals surface area contributed by atoms with E-state index in [0.29, 0.717) is 10.6 Å². The van der Waals surface area contributed by atoms with Crippen molar-refractivity contribution in [2.24, 2.45) is 0 Å². The molecule has 116 valence electrons. The molecule has 0 unspecified atom stereocenters. The van der Waals surface area contributed by atoms with Crippen molar-refractivity contribution in [3.8, 4) is 0 Å². The van der Waals surface area contributed by atoms with Crippen LogP contribution in [0.1, 0.15) is 34.3 Å². The van der Waals surface area contributed by atoms with Gasteiger partial charge in [0.2, 0.25) is 0 Å². The maximum absolute atomic E-state index is 12.6. The zero-order valence-electron chi connectivity index (χ0n) is 12.4. The van der Waals surface area contributed by atoms with Crippen LogP contribution in [0.3, 0.4) is 0 Å². The molecule has 1 N–H and O–H groups in total. The highest BCUT2D eigenvalue weighted by Gasteiger charge is 2.15. The monoisotopic (exact) mass is 342 g/mol. The molecule has 0 fully saturated rings. The molecule has 0 saturated carbocycles. The van der Waals surface area contributed by atoms with Crippen molar-refractivity contribution in [1.29, 1.82) is 0 Å². The lowest BCUT2D eigenvalue weighted by molar-refractivity contribution is 0.102. The summed E-state index contributed by atoms with van der Waals surface area (Å²) in [6.07, 6.45) is 4.63. The molecule has 1 aliphatic carbocycles. The van der Waals surface area contributed by atoms with E-state index in [1.54, 1.807) is 11.6 Å². The van der Waals surface area contributed by atoms with Crippen molar-refractivity contribution < 1.29 is 4.79 Å². The van der Waals surface area contributed by atoms with Gasteiger partial charge in [0.25, 0.3) is 5.91 Å². The molecule has 0 aliphatic heterocycles. The minimum absolute atomic E-state index is 0.0876. The zero-order valence-corrected chi connectivity index (χ0v) is 14.0. The molecular formula is C18H15ClN2OS. The number of halogens is 1. The molecule has 0 saturated heterocycles. The molecule has 0 bridgehead atoms. The minimum atomic E-state index is -0.0876. The van der Waals surface area contributed by atoms with Crippen LogP contribution in [0.15, 0.2) is 35.8 Å². The van der Waals surface area contributed by atoms with Crippen molar-refractivity contribution >= 4 is 44.7 Å². The Hall–Kier alpha value is -1.91. The number of carbonyl (C=O) groups excluding carboxylic acids is 1. The van der Waals surface area contributed by atoms with E-state index >= 15 is 0 Å². The molecule has 23 heavy (non-hydrogen) atoms. The van der Waals surface area contributed by atoms with E-state index in [4.69, 9.17) is 11.6 Å². The highest BCUT2D eigenvalue weighted by Crippen LogP contribution is 2.32. The van der Waals surface area contributed by atoms with Gasteiger partial charge in [0.15, 0.2) is 0 Å². The SMILES string of the molecule is O=C(Nc1ccc(Cl)c2ncsc12)c1ccc2c(c1)CCCC2. The van der Waals surface area contributed by atoms with E-state index in [1.165, 1.54) is 35.3 Å². The van der Waals surface area contributed by atoms with Gasteiger partial charge in [-0.05, 0) is 61.1 Å². The van der Waals surface area contributed by atoms with Crippen LogP contribution in [0.5, 0.6) is 0 Å². The number of anilines is 1. The molecule has 3 aromatic rings. The molecule has 5 heteroatoms. The summed E-state index contributed by atoms with van der Waals surface area (Å²) in [5, 5.41) is 3.60. The highest BCUT2D eigenvalue weighted by molar-refractivity contribution is 7.17. The van der Waals surface area contributed by atoms with Gasteiger partial charge in [-0.15, -0.1) is 11.3 Å². The summed E-state index contributed by atoms with van der Waals surface area (Å²) in [4.78, 5) is 16.8. The van der Waals surface area contributed by atoms with Gasteiger partial charge < -0.3 is 5.32 Å². The van der Waals surface area contributed by atoms with Gasteiger partial charge >= 0.3 is 0 Å². The summed E-state index contributed by atoms with van der Waals surface area (Å²) in [5.74, 6) is -0.0876. The maximum atomic E-state index is 12.6. The van der Waals surface area contributed by atoms with Crippen molar-refractivity contribution in [3.05, 3.63) is 57.6 Å². The first-order valence-corrected chi connectivity index (χ1v) is 8.93. The number of hydrogen-bond acceptors (Lipinski definition) is 3. The van der Waals surface area contributed by atoms with Crippen molar-refractivity contribution in [2.45, 2.75) is 25.7 Å². The number of hydrogen-bond donors (Lipinski definition) is 1. The van der Waals surface area contributed by atoms with Gasteiger partial charge in [0.05, 0.1) is 20.9 Å². The van der Waals surface area contributed by atoms with Crippen molar-refractivity contribution in [1.82, 2.24) is 4.98 Å². The lowest BCUT2D eigenvalue weighted by Gasteiger charge is -2.16. The Morgan fingerprint density at radius 3 is 2.83 bits per heavy atom. The topological polar surface area (TPSA) is 42.0 Å². The largest absolute Gasteiger partial charge is 0.321 e. The lowest BCUT2D eigenvalue weighted by atomic mass is 9.90. The van der Waals surface area contributed by atoms with Crippen LogP contribution in [0, 0.1) is 0 Å². The number of amides is 1. The Balaban J connectivity index is 1.64. The van der Waals surface area contributed by atoms with Gasteiger partial charge in [0.1, 0.15) is 5.52 Å². The Labute approximate surface area is 143 Å². The zero-order chi connectivity index (χ0) is 15.8. The Morgan fingerprint density at radius 1 is 1.13 bits per heavy atom. The van der Waals surface area contributed by atoms with Gasteiger partial charge in [-0.2, -0.15) is 0 Å². The molecule has 1 aliphatic rings. The lowest BCUT2D eigenvalue weighted by Crippen LogP contribution is -2.13. The van der Waals surface area contributed by atoms with Crippen molar-refractivity contribution in [3.63, 3.8) is 0 Å². The third kappa shape index (κ3) is 2.73. The fourth-order valence-electron chi connectivity index (χ4n) is 3.09. The highest BCUT2D eigenvalue weighted by atomic mass is 35.5. The molecule has 1 heterocycles. The summed E-state index contributed by atoms with van der Waals surface area (Å²) < 4.78 is 0.906. The first-order chi connectivity index (χ1) is 11.2. The first-order valence-electron chi connectivity index (χ1n) is 7.67. The van der Waals surface area contributed by atoms with E-state index in [-0.39, 0.29) is 5.91 Å². The fraction of sp³-hybridized carbons (Fsp3) is 0.222. The normalized spacial score (nSPS) is 13.8. The van der Waals surface area contributed by atoms with Gasteiger partial charge in [-0.1, -0.05) is 17.7 Å². The second-order valence-corrected chi connectivity index (χ2v) is 7.03. The van der Waals surface area contributed by atoms with E-state index in [9.17, 15) is 4.79 Å². The summed E-state index contributed by atoms with van der Waals surface area (Å²) in [5.41, 5.74) is 6.63. The Bertz CT molecular complexity index is 903. The minimum Gasteiger partial charge on any atom is -0.321 e. The van der Waals surface area contributed by atoms with Crippen LogP contribution >= 0.6 is 22.9 Å². The smallest absolute Gasteiger partial charge is 0.255 e. The summed E-state index contributed by atoms with van der Waals surface area (Å²) in [6, 6.07) is 9.64. The maximum Gasteiger partial charge on any atom is 0.255 e. The molecule has 1 aromatic heterocycles. The van der Waals surface area contributed by atoms with Crippen LogP contribution in [-0.4, -0.2) is 10.9 Å². The Morgan fingerprint density at radius 2 is 1.96 bits per heavy atom. The third-order valence-electron chi connectivity index (χ3n) is 4.29. The van der Waals surface area contributed by atoms with Crippen LogP contribution in [0.4, 0.5) is 5.69 Å². The third-order valence-corrected chi connectivity index (χ3v) is 5.46. The average Bonchev–Trinajstić information content (AvgIpc) is 3.08. The van der Waals surface area contributed by atoms with Gasteiger partial charge in [0, 0.05) is 5.56 Å². The predicted octanol–water partition coefficient (Wildman–Crippen LogP) is 5.08. The summed E-state index contributed by atoms with van der Waals surface area (Å²) in [7, 11) is 0. The van der Waals surface area contributed by atoms with Crippen LogP contribution < -0.4 is 5.32 Å². The quantitative estimate of drug-likeness (QED) is 0.705. The molecule has 0 atom stereocenters. The standard InChI is InChI=1S/C18H15ClN2OS/c19-14-7-8-15(17-16(14)20-10-23-17)21-18(22)13-6-5-11-3-1-2-4-12(11)9-13/h5-10H,1-4H2,(H,21,22). The molecule has 1 amide bonds. The van der Waals surface area contributed by atoms with E-state index < -0.39 is 0 Å². The number of aryl methyl sites for hydroxylation is 2. The summed E-state index contributed by atoms with van der Waals surface area (Å²) in [6.45, 7) is 0. The number of thiazole rings is 1. The van der Waals surface area contributed by atoms with E-state index in [2.05, 4.69) is 16.4 Å². The number of nitrogens with one attached hydrogen (secondary N) is 1. The number of aromatic nitrogens is 1. The number of fused-ring (bicyclic) bond motifs is 2. The van der Waals surface area contributed by atoms with E-state index in [0.717, 1.165) is 28.7 Å². The second kappa shape index (κ2) is 5.95. The molecular weight excluding hydrogens is 328 g/mol. The average molecular weight is 343 g/mol. The molecule has 0 spiro atoms. The fourth-order valence-corrected chi connectivity index (χ4v) is 4.13. The Kier molecular flexibility index (Phi) is 3.79.